The standard InChI is InChI=1S/C42H24N4O3S2/c1-3-9-33-27(7-1)29-15-13-25(23-35(29)47-33)45(39-11-5-21-50-39)37-19-17-31-32-18-20-38(44-42(32)49-41(31)43-37)46(40-12-6-22-51-40)26-14-16-30-28-8-2-4-10-34(28)48-36(30)24-26/h1-24H. The molecule has 0 N–H and O–H groups in total. The van der Waals surface area contributed by atoms with Crippen LogP contribution in [0.3, 0.4) is 0 Å². The molecule has 7 aromatic heterocycles. The highest BCUT2D eigenvalue weighted by molar-refractivity contribution is 7.14. The molecule has 7 heterocycles. The summed E-state index contributed by atoms with van der Waals surface area (Å²) in [4.78, 5) is 14.4. The Balaban J connectivity index is 1.02. The van der Waals surface area contributed by atoms with Crippen LogP contribution in [0.1, 0.15) is 0 Å². The van der Waals surface area contributed by atoms with Crippen molar-refractivity contribution in [2.24, 2.45) is 0 Å². The number of hydrogen-bond acceptors (Lipinski definition) is 9. The van der Waals surface area contributed by atoms with Gasteiger partial charge in [-0.05, 0) is 95.7 Å². The third-order valence-corrected chi connectivity index (χ3v) is 11.0. The molecule has 0 spiro atoms. The van der Waals surface area contributed by atoms with Gasteiger partial charge in [-0.25, -0.2) is 0 Å². The van der Waals surface area contributed by atoms with Crippen LogP contribution in [0.15, 0.2) is 157 Å². The van der Waals surface area contributed by atoms with Gasteiger partial charge < -0.3 is 13.3 Å². The quantitative estimate of drug-likeness (QED) is 0.171. The van der Waals surface area contributed by atoms with Gasteiger partial charge in [0.1, 0.15) is 44.0 Å². The SMILES string of the molecule is c1csc(N(c2ccc3c(c2)oc2ccccc23)c2ccc3c(n2)oc2nc(N(c4ccc5c(c4)oc4ccccc45)c4cccs4)ccc23)c1. The maximum Gasteiger partial charge on any atom is 0.231 e. The third kappa shape index (κ3) is 4.49. The topological polar surface area (TPSA) is 71.7 Å². The molecule has 7 nitrogen and oxygen atoms in total. The van der Waals surface area contributed by atoms with Crippen molar-refractivity contribution in [2.45, 2.75) is 0 Å². The average Bonchev–Trinajstić information content (AvgIpc) is 4.01. The maximum absolute atomic E-state index is 6.46. The Labute approximate surface area is 297 Å². The van der Waals surface area contributed by atoms with Gasteiger partial charge in [0.2, 0.25) is 11.4 Å². The Morgan fingerprint density at radius 3 is 1.31 bits per heavy atom. The van der Waals surface area contributed by atoms with Crippen LogP contribution in [0, 0.1) is 0 Å². The van der Waals surface area contributed by atoms with Gasteiger partial charge in [-0.15, -0.1) is 22.7 Å². The average molecular weight is 697 g/mol. The summed E-state index contributed by atoms with van der Waals surface area (Å²) in [5.41, 5.74) is 6.32. The first-order valence-corrected chi connectivity index (χ1v) is 18.2. The van der Waals surface area contributed by atoms with Gasteiger partial charge >= 0.3 is 0 Å². The molecule has 0 unspecified atom stereocenters. The van der Waals surface area contributed by atoms with Crippen molar-refractivity contribution in [3.63, 3.8) is 0 Å². The number of aromatic nitrogens is 2. The molecule has 0 aliphatic heterocycles. The van der Waals surface area contributed by atoms with E-state index in [1.165, 1.54) is 0 Å². The molecular weight excluding hydrogens is 673 g/mol. The molecule has 51 heavy (non-hydrogen) atoms. The number of nitrogens with zero attached hydrogens (tertiary/aromatic N) is 4. The number of thiophene rings is 2. The second-order valence-corrected chi connectivity index (χ2v) is 14.1. The van der Waals surface area contributed by atoms with Gasteiger partial charge in [-0.3, -0.25) is 9.80 Å². The van der Waals surface area contributed by atoms with Crippen molar-refractivity contribution in [3.8, 4) is 0 Å². The predicted octanol–water partition coefficient (Wildman–Crippen LogP) is 13.2. The highest BCUT2D eigenvalue weighted by Gasteiger charge is 2.22. The van der Waals surface area contributed by atoms with E-state index in [1.807, 2.05) is 60.7 Å². The normalized spacial score (nSPS) is 11.9. The third-order valence-electron chi connectivity index (χ3n) is 9.33. The Morgan fingerprint density at radius 1 is 0.392 bits per heavy atom. The van der Waals surface area contributed by atoms with Crippen molar-refractivity contribution in [2.75, 3.05) is 9.80 Å². The van der Waals surface area contributed by atoms with Crippen LogP contribution in [0.2, 0.25) is 0 Å². The van der Waals surface area contributed by atoms with Crippen molar-refractivity contribution in [3.05, 3.63) is 144 Å². The molecule has 0 saturated carbocycles. The van der Waals surface area contributed by atoms with E-state index >= 15 is 0 Å². The second kappa shape index (κ2) is 11.0. The Hall–Kier alpha value is -6.42. The zero-order chi connectivity index (χ0) is 33.5. The Morgan fingerprint density at radius 2 is 0.843 bits per heavy atom. The van der Waals surface area contributed by atoms with Gasteiger partial charge in [0.25, 0.3) is 0 Å². The molecule has 9 heteroatoms. The highest BCUT2D eigenvalue weighted by atomic mass is 32.1. The number of benzene rings is 4. The molecule has 0 atom stereocenters. The van der Waals surface area contributed by atoms with Crippen LogP contribution in [-0.4, -0.2) is 9.97 Å². The zero-order valence-corrected chi connectivity index (χ0v) is 28.3. The van der Waals surface area contributed by atoms with Crippen molar-refractivity contribution in [1.29, 1.82) is 0 Å². The van der Waals surface area contributed by atoms with Gasteiger partial charge in [-0.1, -0.05) is 36.4 Å². The fraction of sp³-hybridized carbons (Fsp3) is 0. The molecule has 11 rings (SSSR count). The lowest BCUT2D eigenvalue weighted by molar-refractivity contribution is 0.640. The largest absolute Gasteiger partial charge is 0.456 e. The first kappa shape index (κ1) is 28.4. The number of pyridine rings is 2. The van der Waals surface area contributed by atoms with Gasteiger partial charge in [0, 0.05) is 33.7 Å². The molecular formula is C42H24N4O3S2. The van der Waals surface area contributed by atoms with Crippen molar-refractivity contribution < 1.29 is 13.3 Å². The number of hydrogen-bond donors (Lipinski definition) is 0. The monoisotopic (exact) mass is 696 g/mol. The summed E-state index contributed by atoms with van der Waals surface area (Å²) in [6, 6.07) is 45.3. The predicted molar refractivity (Wildman–Crippen MR) is 209 cm³/mol. The number of para-hydroxylation sites is 2. The van der Waals surface area contributed by atoms with E-state index in [0.717, 1.165) is 87.7 Å². The molecule has 0 amide bonds. The summed E-state index contributed by atoms with van der Waals surface area (Å²) >= 11 is 3.29. The summed E-state index contributed by atoms with van der Waals surface area (Å²) in [6.45, 7) is 0. The van der Waals surface area contributed by atoms with E-state index < -0.39 is 0 Å². The smallest absolute Gasteiger partial charge is 0.231 e. The Bertz CT molecular complexity index is 2860. The second-order valence-electron chi connectivity index (χ2n) is 12.3. The molecule has 4 aromatic carbocycles. The van der Waals surface area contributed by atoms with Gasteiger partial charge in [-0.2, -0.15) is 9.97 Å². The molecule has 0 saturated heterocycles. The molecule has 0 bridgehead atoms. The number of fused-ring (bicyclic) bond motifs is 9. The van der Waals surface area contributed by atoms with Crippen LogP contribution in [0.5, 0.6) is 0 Å². The minimum absolute atomic E-state index is 0.518. The maximum atomic E-state index is 6.46. The van der Waals surface area contributed by atoms with Crippen LogP contribution < -0.4 is 9.80 Å². The van der Waals surface area contributed by atoms with E-state index in [2.05, 4.69) is 93.4 Å². The number of rotatable bonds is 6. The summed E-state index contributed by atoms with van der Waals surface area (Å²) in [5, 5.41) is 12.4. The van der Waals surface area contributed by atoms with Crippen molar-refractivity contribution >= 4 is 122 Å². The summed E-state index contributed by atoms with van der Waals surface area (Å²) in [7, 11) is 0. The fourth-order valence-electron chi connectivity index (χ4n) is 7.01. The van der Waals surface area contributed by atoms with E-state index in [-0.39, 0.29) is 0 Å². The lowest BCUT2D eigenvalue weighted by atomic mass is 10.1. The first-order valence-electron chi connectivity index (χ1n) is 16.5. The van der Waals surface area contributed by atoms with Gasteiger partial charge in [0.05, 0.1) is 22.1 Å². The molecule has 11 aromatic rings. The summed E-state index contributed by atoms with van der Waals surface area (Å²) < 4.78 is 19.0. The summed E-state index contributed by atoms with van der Waals surface area (Å²) in [5.74, 6) is 1.47. The summed E-state index contributed by atoms with van der Waals surface area (Å²) in [6.07, 6.45) is 0. The van der Waals surface area contributed by atoms with Crippen LogP contribution in [0.25, 0.3) is 66.1 Å². The minimum atomic E-state index is 0.518. The van der Waals surface area contributed by atoms with Crippen molar-refractivity contribution in [1.82, 2.24) is 9.97 Å². The van der Waals surface area contributed by atoms with Crippen LogP contribution >= 0.6 is 22.7 Å². The molecule has 242 valence electrons. The van der Waals surface area contributed by atoms with Crippen LogP contribution in [-0.2, 0) is 0 Å². The van der Waals surface area contributed by atoms with E-state index in [9.17, 15) is 0 Å². The van der Waals surface area contributed by atoms with Crippen LogP contribution in [0.4, 0.5) is 33.0 Å². The molecule has 0 aliphatic carbocycles. The molecule has 0 radical (unpaired) electrons. The lowest BCUT2D eigenvalue weighted by Crippen LogP contribution is -2.09. The minimum Gasteiger partial charge on any atom is -0.456 e. The number of furan rings is 3. The first-order chi connectivity index (χ1) is 25.2. The van der Waals surface area contributed by atoms with E-state index in [1.54, 1.807) is 22.7 Å². The Kier molecular flexibility index (Phi) is 6.16. The number of anilines is 6. The zero-order valence-electron chi connectivity index (χ0n) is 26.7. The van der Waals surface area contributed by atoms with Gasteiger partial charge in [0.15, 0.2) is 0 Å². The molecule has 0 aliphatic rings. The lowest BCUT2D eigenvalue weighted by Gasteiger charge is -2.22. The highest BCUT2D eigenvalue weighted by Crippen LogP contribution is 2.43. The van der Waals surface area contributed by atoms with E-state index in [4.69, 9.17) is 23.2 Å². The molecule has 0 fully saturated rings. The fourth-order valence-corrected chi connectivity index (χ4v) is 8.53. The van der Waals surface area contributed by atoms with E-state index in [0.29, 0.717) is 11.4 Å².